The van der Waals surface area contributed by atoms with Gasteiger partial charge in [0.25, 0.3) is 0 Å². The summed E-state index contributed by atoms with van der Waals surface area (Å²) in [5, 5.41) is 11.4. The van der Waals surface area contributed by atoms with Crippen molar-refractivity contribution in [3.63, 3.8) is 0 Å². The van der Waals surface area contributed by atoms with E-state index in [0.29, 0.717) is 19.6 Å². The second-order valence-electron chi connectivity index (χ2n) is 2.70. The Hall–Kier alpha value is -0.650. The zero-order chi connectivity index (χ0) is 10.1. The van der Waals surface area contributed by atoms with Gasteiger partial charge in [-0.2, -0.15) is 0 Å². The number of aliphatic hydroxyl groups is 1. The van der Waals surface area contributed by atoms with Crippen LogP contribution in [-0.4, -0.2) is 43.4 Å². The zero-order valence-corrected chi connectivity index (χ0v) is 7.95. The number of aliphatic hydroxyl groups excluding tert-OH is 1. The largest absolute Gasteiger partial charge is 0.394 e. The molecule has 0 bridgehead atoms. The molecule has 0 rings (SSSR count). The fourth-order valence-electron chi connectivity index (χ4n) is 0.794. The van der Waals surface area contributed by atoms with E-state index in [4.69, 9.17) is 15.6 Å². The highest BCUT2D eigenvalue weighted by molar-refractivity contribution is 5.77. The van der Waals surface area contributed by atoms with Crippen LogP contribution in [0.25, 0.3) is 0 Å². The lowest BCUT2D eigenvalue weighted by Crippen LogP contribution is -2.39. The number of rotatable bonds is 7. The molecule has 4 N–H and O–H groups in total. The van der Waals surface area contributed by atoms with E-state index in [1.807, 2.05) is 6.92 Å². The average Bonchev–Trinajstić information content (AvgIpc) is 2.14. The first-order valence-corrected chi connectivity index (χ1v) is 4.42. The highest BCUT2D eigenvalue weighted by Crippen LogP contribution is 1.88. The molecule has 5 nitrogen and oxygen atoms in total. The predicted octanol–water partition coefficient (Wildman–Crippen LogP) is -1.15. The van der Waals surface area contributed by atoms with Gasteiger partial charge in [0, 0.05) is 6.54 Å². The normalized spacial score (nSPS) is 12.5. The van der Waals surface area contributed by atoms with Gasteiger partial charge in [-0.15, -0.1) is 0 Å². The van der Waals surface area contributed by atoms with Crippen LogP contribution in [0.2, 0.25) is 0 Å². The molecular weight excluding hydrogens is 172 g/mol. The van der Waals surface area contributed by atoms with E-state index < -0.39 is 0 Å². The Balaban J connectivity index is 3.48. The molecule has 0 aliphatic heterocycles. The third-order valence-corrected chi connectivity index (χ3v) is 1.57. The minimum Gasteiger partial charge on any atom is -0.394 e. The molecule has 0 aromatic rings. The van der Waals surface area contributed by atoms with Gasteiger partial charge in [-0.25, -0.2) is 0 Å². The van der Waals surface area contributed by atoms with Gasteiger partial charge >= 0.3 is 0 Å². The summed E-state index contributed by atoms with van der Waals surface area (Å²) >= 11 is 0. The average molecular weight is 190 g/mol. The molecule has 13 heavy (non-hydrogen) atoms. The van der Waals surface area contributed by atoms with Crippen LogP contribution in [0.3, 0.4) is 0 Å². The lowest BCUT2D eigenvalue weighted by Gasteiger charge is -2.13. The molecule has 0 unspecified atom stereocenters. The van der Waals surface area contributed by atoms with Crippen molar-refractivity contribution in [1.29, 1.82) is 0 Å². The minimum absolute atomic E-state index is 0.00764. The summed E-state index contributed by atoms with van der Waals surface area (Å²) in [4.78, 5) is 11.1. The van der Waals surface area contributed by atoms with Crippen molar-refractivity contribution < 1.29 is 14.6 Å². The molecule has 0 aliphatic rings. The van der Waals surface area contributed by atoms with Crippen LogP contribution in [0.15, 0.2) is 0 Å². The number of nitrogens with one attached hydrogen (secondary N) is 1. The van der Waals surface area contributed by atoms with Crippen LogP contribution in [0.5, 0.6) is 0 Å². The number of nitrogens with two attached hydrogens (primary N) is 1. The molecule has 0 aromatic heterocycles. The van der Waals surface area contributed by atoms with E-state index >= 15 is 0 Å². The lowest BCUT2D eigenvalue weighted by atomic mass is 10.2. The Morgan fingerprint density at radius 3 is 2.85 bits per heavy atom. The maximum Gasteiger partial charge on any atom is 0.246 e. The van der Waals surface area contributed by atoms with E-state index in [2.05, 4.69) is 5.32 Å². The molecule has 1 amide bonds. The fraction of sp³-hybridized carbons (Fsp3) is 0.875. The number of amides is 1. The maximum absolute atomic E-state index is 11.1. The molecule has 0 heterocycles. The molecule has 0 aliphatic carbocycles. The Morgan fingerprint density at radius 2 is 2.38 bits per heavy atom. The highest BCUT2D eigenvalue weighted by Gasteiger charge is 2.08. The number of carbonyl (C=O) groups excluding carboxylic acids is 1. The van der Waals surface area contributed by atoms with Crippen LogP contribution >= 0.6 is 0 Å². The molecule has 0 fully saturated rings. The molecule has 0 radical (unpaired) electrons. The Labute approximate surface area is 78.3 Å². The minimum atomic E-state index is -0.214. The van der Waals surface area contributed by atoms with Crippen molar-refractivity contribution >= 4 is 5.91 Å². The molecule has 0 saturated carbocycles. The maximum atomic E-state index is 11.1. The number of carbonyl (C=O) groups is 1. The second-order valence-corrected chi connectivity index (χ2v) is 2.70. The van der Waals surface area contributed by atoms with Crippen LogP contribution in [0.1, 0.15) is 13.3 Å². The van der Waals surface area contributed by atoms with Crippen molar-refractivity contribution in [2.75, 3.05) is 26.4 Å². The summed E-state index contributed by atoms with van der Waals surface area (Å²) in [6.45, 7) is 2.64. The molecule has 0 spiro atoms. The van der Waals surface area contributed by atoms with Gasteiger partial charge in [0.15, 0.2) is 0 Å². The van der Waals surface area contributed by atoms with E-state index in [9.17, 15) is 4.79 Å². The van der Waals surface area contributed by atoms with E-state index in [1.54, 1.807) is 0 Å². The topological polar surface area (TPSA) is 84.6 Å². The number of hydrogen-bond acceptors (Lipinski definition) is 4. The highest BCUT2D eigenvalue weighted by atomic mass is 16.5. The third kappa shape index (κ3) is 6.51. The smallest absolute Gasteiger partial charge is 0.246 e. The summed E-state index contributed by atoms with van der Waals surface area (Å²) in [5.74, 6) is -0.214. The summed E-state index contributed by atoms with van der Waals surface area (Å²) in [7, 11) is 0. The van der Waals surface area contributed by atoms with Gasteiger partial charge in [0.05, 0.1) is 19.3 Å². The third-order valence-electron chi connectivity index (χ3n) is 1.57. The van der Waals surface area contributed by atoms with Gasteiger partial charge in [-0.1, -0.05) is 6.92 Å². The summed E-state index contributed by atoms with van der Waals surface area (Å²) in [6, 6.07) is -0.172. The molecule has 1 atom stereocenters. The van der Waals surface area contributed by atoms with E-state index in [1.165, 1.54) is 0 Å². The molecule has 0 aromatic carbocycles. The van der Waals surface area contributed by atoms with Gasteiger partial charge in [-0.05, 0) is 6.42 Å². The Bertz CT molecular complexity index is 137. The first-order chi connectivity index (χ1) is 6.24. The van der Waals surface area contributed by atoms with Crippen LogP contribution < -0.4 is 11.1 Å². The van der Waals surface area contributed by atoms with Crippen LogP contribution in [0, 0.1) is 0 Å². The Kier molecular flexibility index (Phi) is 7.57. The summed E-state index contributed by atoms with van der Waals surface area (Å²) in [5.41, 5.74) is 5.17. The number of ether oxygens (including phenoxy) is 1. The zero-order valence-electron chi connectivity index (χ0n) is 7.95. The molecular formula is C8H18N2O3. The van der Waals surface area contributed by atoms with Crippen LogP contribution in [0.4, 0.5) is 0 Å². The van der Waals surface area contributed by atoms with Gasteiger partial charge in [0.1, 0.15) is 6.61 Å². The van der Waals surface area contributed by atoms with Crippen LogP contribution in [-0.2, 0) is 9.53 Å². The second kappa shape index (κ2) is 7.97. The van der Waals surface area contributed by atoms with E-state index in [-0.39, 0.29) is 25.2 Å². The summed E-state index contributed by atoms with van der Waals surface area (Å²) in [6.07, 6.45) is 0.707. The summed E-state index contributed by atoms with van der Waals surface area (Å²) < 4.78 is 4.92. The molecule has 78 valence electrons. The van der Waals surface area contributed by atoms with E-state index in [0.717, 1.165) is 0 Å². The molecule has 5 heteroatoms. The predicted molar refractivity (Wildman–Crippen MR) is 49.2 cm³/mol. The fourth-order valence-corrected chi connectivity index (χ4v) is 0.794. The quantitative estimate of drug-likeness (QED) is 0.442. The van der Waals surface area contributed by atoms with Crippen molar-refractivity contribution in [1.82, 2.24) is 5.32 Å². The van der Waals surface area contributed by atoms with Crippen molar-refractivity contribution in [3.8, 4) is 0 Å². The van der Waals surface area contributed by atoms with Gasteiger partial charge < -0.3 is 20.9 Å². The first kappa shape index (κ1) is 12.3. The SMILES string of the molecule is CC[C@@H](CO)NC(=O)COCCN. The van der Waals surface area contributed by atoms with Crippen molar-refractivity contribution in [3.05, 3.63) is 0 Å². The standard InChI is InChI=1S/C8H18N2O3/c1-2-7(5-11)10-8(12)6-13-4-3-9/h7,11H,2-6,9H2,1H3,(H,10,12)/t7-/m0/s1. The van der Waals surface area contributed by atoms with Crippen molar-refractivity contribution in [2.24, 2.45) is 5.73 Å². The van der Waals surface area contributed by atoms with Gasteiger partial charge in [0.2, 0.25) is 5.91 Å². The Morgan fingerprint density at radius 1 is 1.69 bits per heavy atom. The lowest BCUT2D eigenvalue weighted by molar-refractivity contribution is -0.126. The molecule has 0 saturated heterocycles. The van der Waals surface area contributed by atoms with Crippen molar-refractivity contribution in [2.45, 2.75) is 19.4 Å². The number of hydrogen-bond donors (Lipinski definition) is 3. The first-order valence-electron chi connectivity index (χ1n) is 4.42. The van der Waals surface area contributed by atoms with Gasteiger partial charge in [-0.3, -0.25) is 4.79 Å². The monoisotopic (exact) mass is 190 g/mol.